The lowest BCUT2D eigenvalue weighted by Crippen LogP contribution is -2.03. The second-order valence-electron chi connectivity index (χ2n) is 0.364. The van der Waals surface area contributed by atoms with E-state index in [9.17, 15) is 0 Å². The largest absolute Gasteiger partial charge is 0.623 e. The van der Waals surface area contributed by atoms with Crippen molar-refractivity contribution in [3.8, 4) is 0 Å². The molecule has 0 radical (unpaired) electrons. The lowest BCUT2D eigenvalue weighted by atomic mass is 11.3. The molecular formula is CH4NO2+. The zero-order valence-electron chi connectivity index (χ0n) is 1.99. The highest BCUT2D eigenvalue weighted by atomic mass is 16.4. The van der Waals surface area contributed by atoms with Gasteiger partial charge in [0.25, 0.3) is 0 Å². The Labute approximate surface area is 23.0 Å². The molecule has 0 unspecified atom stereocenters. The van der Waals surface area contributed by atoms with Gasteiger partial charge in [-0.25, -0.2) is 0 Å². The van der Waals surface area contributed by atoms with Gasteiger partial charge in [-0.05, 0) is 0 Å². The van der Waals surface area contributed by atoms with E-state index in [1.165, 1.54) is 0 Å². The van der Waals surface area contributed by atoms with E-state index < -0.39 is 6.09 Å². The first-order chi connectivity index (χ1) is 1.73. The number of carbonyl (C=O) groups excluding carboxylic acids is 1. The first-order valence-corrected chi connectivity index (χ1v) is 0.743. The van der Waals surface area contributed by atoms with Gasteiger partial charge in [-0.15, -0.1) is 0 Å². The van der Waals surface area contributed by atoms with E-state index in [2.05, 4.69) is 5.73 Å². The fourth-order valence-corrected chi connectivity index (χ4v) is 0. The summed E-state index contributed by atoms with van der Waals surface area (Å²) in [6, 6.07) is 0. The van der Waals surface area contributed by atoms with Gasteiger partial charge in [0.15, 0.2) is 0 Å². The molecule has 0 aromatic carbocycles. The van der Waals surface area contributed by atoms with Crippen molar-refractivity contribution in [1.82, 2.24) is 0 Å². The number of primary amides is 1. The van der Waals surface area contributed by atoms with Gasteiger partial charge in [0.1, 0.15) is 0 Å². The third kappa shape index (κ3) is 0.174. The van der Waals surface area contributed by atoms with Gasteiger partial charge in [0.05, 0.1) is 4.79 Å². The molecule has 0 aliphatic carbocycles. The summed E-state index contributed by atoms with van der Waals surface area (Å²) in [6.45, 7) is 0. The van der Waals surface area contributed by atoms with Crippen LogP contribution in [0.1, 0.15) is 0 Å². The highest BCUT2D eigenvalue weighted by Gasteiger charge is 1.81. The van der Waals surface area contributed by atoms with E-state index in [1.54, 1.807) is 0 Å². The van der Waals surface area contributed by atoms with Gasteiger partial charge in [-0.2, -0.15) is 0 Å². The van der Waals surface area contributed by atoms with Gasteiger partial charge < -0.3 is 5.11 Å². The highest BCUT2D eigenvalue weighted by Crippen LogP contribution is 1.34. The molecule has 0 rings (SSSR count). The molecule has 4 N–H and O–H groups in total. The SMILES string of the molecule is NC(=O)[OH2+]. The Kier molecular flexibility index (Phi) is 0.581. The Balaban J connectivity index is 2.80. The van der Waals surface area contributed by atoms with E-state index in [4.69, 9.17) is 9.90 Å². The van der Waals surface area contributed by atoms with Crippen LogP contribution in [0, 0.1) is 0 Å². The summed E-state index contributed by atoms with van der Waals surface area (Å²) < 4.78 is 0. The van der Waals surface area contributed by atoms with E-state index >= 15 is 0 Å². The van der Waals surface area contributed by atoms with Crippen molar-refractivity contribution in [2.75, 3.05) is 0 Å². The van der Waals surface area contributed by atoms with Gasteiger partial charge in [-0.1, -0.05) is 0 Å². The maximum atomic E-state index is 8.89. The van der Waals surface area contributed by atoms with Crippen molar-refractivity contribution in [3.05, 3.63) is 0 Å². The van der Waals surface area contributed by atoms with Crippen LogP contribution in [0.15, 0.2) is 0 Å². The Bertz CT molecular complexity index is 29.0. The molecule has 3 nitrogen and oxygen atoms in total. The van der Waals surface area contributed by atoms with Crippen LogP contribution in [0.2, 0.25) is 0 Å². The lowest BCUT2D eigenvalue weighted by Gasteiger charge is -1.52. The fraction of sp³-hybridized carbons (Fsp3) is 0. The first-order valence-electron chi connectivity index (χ1n) is 0.743. The normalized spacial score (nSPS) is 6.00. The zero-order valence-corrected chi connectivity index (χ0v) is 1.99. The van der Waals surface area contributed by atoms with E-state index in [1.807, 2.05) is 0 Å². The van der Waals surface area contributed by atoms with Gasteiger partial charge in [-0.3, -0.25) is 5.73 Å². The number of nitrogens with two attached hydrogens (primary N) is 1. The molecule has 0 aromatic rings. The maximum Gasteiger partial charge on any atom is 0.623 e. The topological polar surface area (TPSA) is 66.0 Å². The quantitative estimate of drug-likeness (QED) is 0.351. The molecule has 4 heavy (non-hydrogen) atoms. The molecule has 3 heteroatoms. The summed E-state index contributed by atoms with van der Waals surface area (Å²) in [4.78, 5) is 8.89. The summed E-state index contributed by atoms with van der Waals surface area (Å²) in [7, 11) is 0. The summed E-state index contributed by atoms with van der Waals surface area (Å²) >= 11 is 0. The molecule has 0 atom stereocenters. The maximum absolute atomic E-state index is 8.89. The molecule has 0 aliphatic heterocycles. The lowest BCUT2D eigenvalue weighted by molar-refractivity contribution is 0.205. The van der Waals surface area contributed by atoms with E-state index in [0.717, 1.165) is 0 Å². The van der Waals surface area contributed by atoms with Crippen LogP contribution < -0.4 is 5.73 Å². The summed E-state index contributed by atoms with van der Waals surface area (Å²) in [6.07, 6.45) is -1.08. The molecule has 0 aliphatic rings. The van der Waals surface area contributed by atoms with Crippen LogP contribution in [0.3, 0.4) is 0 Å². The summed E-state index contributed by atoms with van der Waals surface area (Å²) in [5, 5.41) is 5.72. The van der Waals surface area contributed by atoms with Crippen molar-refractivity contribution < 1.29 is 9.90 Å². The Morgan fingerprint density at radius 3 is 2.00 bits per heavy atom. The number of hydrogen-bond acceptors (Lipinski definition) is 1. The molecular weight excluding hydrogens is 58.0 g/mol. The Morgan fingerprint density at radius 2 is 2.00 bits per heavy atom. The van der Waals surface area contributed by atoms with Crippen molar-refractivity contribution >= 4 is 6.09 Å². The predicted molar refractivity (Wildman–Crippen MR) is 13.2 cm³/mol. The van der Waals surface area contributed by atoms with Crippen LogP contribution >= 0.6 is 0 Å². The summed E-state index contributed by atoms with van der Waals surface area (Å²) in [5.74, 6) is 0. The summed E-state index contributed by atoms with van der Waals surface area (Å²) in [5.41, 5.74) is 4.14. The first kappa shape index (κ1) is 3.27. The van der Waals surface area contributed by atoms with Crippen LogP contribution in [0.4, 0.5) is 4.79 Å². The molecule has 1 amide bonds. The third-order valence-electron chi connectivity index (χ3n) is 0. The van der Waals surface area contributed by atoms with Gasteiger partial charge >= 0.3 is 6.09 Å². The van der Waals surface area contributed by atoms with Crippen LogP contribution in [-0.4, -0.2) is 11.2 Å². The minimum atomic E-state index is -1.08. The average molecular weight is 62.0 g/mol. The molecule has 0 bridgehead atoms. The molecule has 0 spiro atoms. The van der Waals surface area contributed by atoms with E-state index in [0.29, 0.717) is 0 Å². The van der Waals surface area contributed by atoms with Crippen LogP contribution in [0.5, 0.6) is 0 Å². The molecule has 0 saturated carbocycles. The Hall–Kier alpha value is -0.730. The number of carbonyl (C=O) groups is 1. The fourth-order valence-electron chi connectivity index (χ4n) is 0. The Morgan fingerprint density at radius 1 is 2.00 bits per heavy atom. The van der Waals surface area contributed by atoms with Crippen molar-refractivity contribution in [1.29, 1.82) is 0 Å². The van der Waals surface area contributed by atoms with Crippen molar-refractivity contribution in [2.24, 2.45) is 5.73 Å². The number of amides is 1. The molecule has 0 aromatic heterocycles. The average Bonchev–Trinajstić information content (AvgIpc) is 0.811. The van der Waals surface area contributed by atoms with Gasteiger partial charge in [0, 0.05) is 0 Å². The van der Waals surface area contributed by atoms with Crippen LogP contribution in [0.25, 0.3) is 0 Å². The minimum absolute atomic E-state index is 1.08. The zero-order chi connectivity index (χ0) is 3.58. The van der Waals surface area contributed by atoms with Crippen LogP contribution in [-0.2, 0) is 0 Å². The second-order valence-corrected chi connectivity index (χ2v) is 0.364. The van der Waals surface area contributed by atoms with Crippen molar-refractivity contribution in [2.45, 2.75) is 0 Å². The third-order valence-corrected chi connectivity index (χ3v) is 0. The second kappa shape index (κ2) is 0.711. The standard InChI is InChI=1S/CH3NO2/c2-1(3)4/h2H2,(H,3,4)/p+1. The smallest absolute Gasteiger partial charge is 0.547 e. The van der Waals surface area contributed by atoms with E-state index in [-0.39, 0.29) is 0 Å². The number of rotatable bonds is 0. The monoisotopic (exact) mass is 62.0 g/mol. The molecule has 0 heterocycles. The minimum Gasteiger partial charge on any atom is -0.547 e. The highest BCUT2D eigenvalue weighted by molar-refractivity contribution is 5.61. The number of hydrogen-bond donors (Lipinski definition) is 1. The predicted octanol–water partition coefficient (Wildman–Crippen LogP) is -1.21. The van der Waals surface area contributed by atoms with Crippen molar-refractivity contribution in [3.63, 3.8) is 0 Å². The molecule has 24 valence electrons. The molecule has 0 saturated heterocycles. The van der Waals surface area contributed by atoms with Gasteiger partial charge in [0.2, 0.25) is 0 Å². The molecule has 0 fully saturated rings.